The third-order valence-corrected chi connectivity index (χ3v) is 3.69. The van der Waals surface area contributed by atoms with Crippen molar-refractivity contribution in [1.29, 1.82) is 5.26 Å². The Morgan fingerprint density at radius 3 is 2.63 bits per heavy atom. The number of carbonyl (C=O) groups is 1. The minimum atomic E-state index is -0.0676. The Morgan fingerprint density at radius 1 is 1.37 bits per heavy atom. The second-order valence-electron chi connectivity index (χ2n) is 5.22. The number of aliphatic hydroxyl groups is 1. The molecule has 0 bridgehead atoms. The van der Waals surface area contributed by atoms with Gasteiger partial charge in [0.2, 0.25) is 5.91 Å². The van der Waals surface area contributed by atoms with E-state index in [0.29, 0.717) is 19.4 Å². The summed E-state index contributed by atoms with van der Waals surface area (Å²) in [4.78, 5) is 11.9. The molecule has 1 aromatic carbocycles. The van der Waals surface area contributed by atoms with Crippen molar-refractivity contribution in [2.24, 2.45) is 5.41 Å². The van der Waals surface area contributed by atoms with Crippen molar-refractivity contribution in [1.82, 2.24) is 5.32 Å². The van der Waals surface area contributed by atoms with Gasteiger partial charge in [0.15, 0.2) is 0 Å². The van der Waals surface area contributed by atoms with Crippen LogP contribution in [0.3, 0.4) is 0 Å². The fraction of sp³-hybridized carbons (Fsp3) is 0.467. The van der Waals surface area contributed by atoms with Crippen molar-refractivity contribution in [3.05, 3.63) is 35.4 Å². The Labute approximate surface area is 113 Å². The van der Waals surface area contributed by atoms with Crippen molar-refractivity contribution < 1.29 is 9.90 Å². The van der Waals surface area contributed by atoms with Crippen LogP contribution in [0.25, 0.3) is 0 Å². The highest BCUT2D eigenvalue weighted by molar-refractivity contribution is 5.79. The molecule has 2 N–H and O–H groups in total. The maximum atomic E-state index is 11.9. The molecular formula is C15H18N2O2. The van der Waals surface area contributed by atoms with E-state index in [-0.39, 0.29) is 17.9 Å². The Balaban J connectivity index is 1.90. The van der Waals surface area contributed by atoms with Gasteiger partial charge in [0.1, 0.15) is 0 Å². The molecule has 1 aromatic rings. The number of rotatable bonds is 6. The molecule has 2 rings (SSSR count). The Bertz CT molecular complexity index is 501. The van der Waals surface area contributed by atoms with E-state index in [1.807, 2.05) is 24.3 Å². The van der Waals surface area contributed by atoms with Gasteiger partial charge in [-0.15, -0.1) is 0 Å². The third-order valence-electron chi connectivity index (χ3n) is 3.69. The number of carbonyl (C=O) groups excluding carboxylic acids is 1. The monoisotopic (exact) mass is 258 g/mol. The summed E-state index contributed by atoms with van der Waals surface area (Å²) in [7, 11) is 0. The Hall–Kier alpha value is -1.86. The van der Waals surface area contributed by atoms with Gasteiger partial charge in [-0.2, -0.15) is 5.26 Å². The molecule has 0 aliphatic heterocycles. The van der Waals surface area contributed by atoms with Gasteiger partial charge in [0.25, 0.3) is 0 Å². The lowest BCUT2D eigenvalue weighted by Gasteiger charge is -2.13. The molecule has 0 spiro atoms. The standard InChI is InChI=1S/C15H18N2O2/c16-8-5-12-3-1-2-4-13(12)9-14(19)17-10-15(11-18)6-7-15/h1-4,18H,5-7,9-11H2,(H,17,19). The first-order valence-electron chi connectivity index (χ1n) is 6.50. The largest absolute Gasteiger partial charge is 0.396 e. The van der Waals surface area contributed by atoms with Crippen LogP contribution in [0.2, 0.25) is 0 Å². The fourth-order valence-electron chi connectivity index (χ4n) is 2.08. The summed E-state index contributed by atoms with van der Waals surface area (Å²) < 4.78 is 0. The molecule has 0 saturated heterocycles. The van der Waals surface area contributed by atoms with E-state index >= 15 is 0 Å². The van der Waals surface area contributed by atoms with Crippen LogP contribution in [-0.4, -0.2) is 24.2 Å². The number of benzene rings is 1. The topological polar surface area (TPSA) is 73.1 Å². The molecule has 0 unspecified atom stereocenters. The van der Waals surface area contributed by atoms with Crippen LogP contribution in [0.5, 0.6) is 0 Å². The van der Waals surface area contributed by atoms with Crippen LogP contribution in [0.15, 0.2) is 24.3 Å². The molecule has 100 valence electrons. The molecule has 1 amide bonds. The second kappa shape index (κ2) is 5.85. The second-order valence-corrected chi connectivity index (χ2v) is 5.22. The van der Waals surface area contributed by atoms with Crippen LogP contribution >= 0.6 is 0 Å². The van der Waals surface area contributed by atoms with Crippen molar-refractivity contribution in [3.63, 3.8) is 0 Å². The molecule has 1 saturated carbocycles. The van der Waals surface area contributed by atoms with Gasteiger partial charge in [0.05, 0.1) is 25.5 Å². The number of nitrogens with one attached hydrogen (secondary N) is 1. The quantitative estimate of drug-likeness (QED) is 0.804. The zero-order chi connectivity index (χ0) is 13.7. The normalized spacial score (nSPS) is 15.6. The molecule has 0 radical (unpaired) electrons. The van der Waals surface area contributed by atoms with E-state index in [4.69, 9.17) is 5.26 Å². The number of nitrogens with zero attached hydrogens (tertiary/aromatic N) is 1. The van der Waals surface area contributed by atoms with E-state index in [9.17, 15) is 9.90 Å². The van der Waals surface area contributed by atoms with Crippen molar-refractivity contribution in [2.45, 2.75) is 25.7 Å². The van der Waals surface area contributed by atoms with Crippen molar-refractivity contribution in [3.8, 4) is 6.07 Å². The SMILES string of the molecule is N#CCc1ccccc1CC(=O)NCC1(CO)CC1. The predicted molar refractivity (Wildman–Crippen MR) is 71.2 cm³/mol. The lowest BCUT2D eigenvalue weighted by atomic mass is 10.0. The first-order valence-corrected chi connectivity index (χ1v) is 6.50. The summed E-state index contributed by atoms with van der Waals surface area (Å²) in [6.45, 7) is 0.682. The molecule has 19 heavy (non-hydrogen) atoms. The van der Waals surface area contributed by atoms with Gasteiger partial charge in [0, 0.05) is 12.0 Å². The average Bonchev–Trinajstić information content (AvgIpc) is 3.20. The summed E-state index contributed by atoms with van der Waals surface area (Å²) in [6, 6.07) is 9.61. The Morgan fingerprint density at radius 2 is 2.05 bits per heavy atom. The van der Waals surface area contributed by atoms with Gasteiger partial charge >= 0.3 is 0 Å². The van der Waals surface area contributed by atoms with Crippen molar-refractivity contribution >= 4 is 5.91 Å². The van der Waals surface area contributed by atoms with E-state index < -0.39 is 0 Å². The van der Waals surface area contributed by atoms with Crippen molar-refractivity contribution in [2.75, 3.05) is 13.2 Å². The molecule has 0 atom stereocenters. The van der Waals surface area contributed by atoms with E-state index in [1.54, 1.807) is 0 Å². The highest BCUT2D eigenvalue weighted by atomic mass is 16.3. The highest BCUT2D eigenvalue weighted by Crippen LogP contribution is 2.44. The number of hydrogen-bond donors (Lipinski definition) is 2. The summed E-state index contributed by atoms with van der Waals surface area (Å²) in [5, 5.41) is 20.8. The number of amides is 1. The summed E-state index contributed by atoms with van der Waals surface area (Å²) in [6.07, 6.45) is 2.58. The minimum Gasteiger partial charge on any atom is -0.396 e. The van der Waals surface area contributed by atoms with Gasteiger partial charge < -0.3 is 10.4 Å². The molecule has 4 heteroatoms. The summed E-state index contributed by atoms with van der Waals surface area (Å²) >= 11 is 0. The first-order chi connectivity index (χ1) is 9.19. The minimum absolute atomic E-state index is 0.0508. The van der Waals surface area contributed by atoms with Crippen LogP contribution in [0.4, 0.5) is 0 Å². The summed E-state index contributed by atoms with van der Waals surface area (Å²) in [5.74, 6) is -0.0508. The van der Waals surface area contributed by atoms with Gasteiger partial charge in [-0.25, -0.2) is 0 Å². The van der Waals surface area contributed by atoms with Crippen LogP contribution in [0, 0.1) is 16.7 Å². The molecule has 1 aliphatic rings. The number of aliphatic hydroxyl groups excluding tert-OH is 1. The van der Waals surface area contributed by atoms with Crippen LogP contribution in [0.1, 0.15) is 24.0 Å². The van der Waals surface area contributed by atoms with Gasteiger partial charge in [-0.05, 0) is 24.0 Å². The van der Waals surface area contributed by atoms with Crippen LogP contribution in [-0.2, 0) is 17.6 Å². The lowest BCUT2D eigenvalue weighted by molar-refractivity contribution is -0.120. The highest BCUT2D eigenvalue weighted by Gasteiger charge is 2.41. The number of hydrogen-bond acceptors (Lipinski definition) is 3. The molecule has 4 nitrogen and oxygen atoms in total. The first kappa shape index (κ1) is 13.6. The fourth-order valence-corrected chi connectivity index (χ4v) is 2.08. The smallest absolute Gasteiger partial charge is 0.224 e. The van der Waals surface area contributed by atoms with Gasteiger partial charge in [-0.3, -0.25) is 4.79 Å². The molecule has 0 heterocycles. The van der Waals surface area contributed by atoms with Gasteiger partial charge in [-0.1, -0.05) is 24.3 Å². The lowest BCUT2D eigenvalue weighted by Crippen LogP contribution is -2.33. The zero-order valence-corrected chi connectivity index (χ0v) is 10.9. The maximum Gasteiger partial charge on any atom is 0.224 e. The molecular weight excluding hydrogens is 240 g/mol. The molecule has 0 aromatic heterocycles. The molecule has 1 fully saturated rings. The maximum absolute atomic E-state index is 11.9. The number of nitriles is 1. The van der Waals surface area contributed by atoms with E-state index in [0.717, 1.165) is 24.0 Å². The average molecular weight is 258 g/mol. The van der Waals surface area contributed by atoms with Crippen LogP contribution < -0.4 is 5.32 Å². The van der Waals surface area contributed by atoms with E-state index in [2.05, 4.69) is 11.4 Å². The third kappa shape index (κ3) is 3.55. The summed E-state index contributed by atoms with van der Waals surface area (Å²) in [5.41, 5.74) is 1.74. The zero-order valence-electron chi connectivity index (χ0n) is 10.9. The predicted octanol–water partition coefficient (Wildman–Crippen LogP) is 1.18. The Kier molecular flexibility index (Phi) is 4.18. The molecule has 1 aliphatic carbocycles. The van der Waals surface area contributed by atoms with E-state index in [1.165, 1.54) is 0 Å².